The Bertz CT molecular complexity index is 1600. The highest BCUT2D eigenvalue weighted by atomic mass is 35.5. The lowest BCUT2D eigenvalue weighted by Crippen LogP contribution is -2.31. The number of aromatic amines is 1. The first-order valence-electron chi connectivity index (χ1n) is 13.3. The maximum absolute atomic E-state index is 12.7. The number of hydrogen-bond donors (Lipinski definition) is 2. The fourth-order valence-corrected chi connectivity index (χ4v) is 5.92. The van der Waals surface area contributed by atoms with Crippen molar-refractivity contribution in [2.75, 3.05) is 0 Å². The van der Waals surface area contributed by atoms with Crippen molar-refractivity contribution in [1.29, 1.82) is 0 Å². The fourth-order valence-electron chi connectivity index (χ4n) is 5.39. The molecule has 0 saturated heterocycles. The van der Waals surface area contributed by atoms with Gasteiger partial charge in [-0.1, -0.05) is 65.7 Å². The number of aromatic nitrogens is 4. The minimum atomic E-state index is -0.332. The molecule has 5 aromatic rings. The molecule has 7 nitrogen and oxygen atoms in total. The summed E-state index contributed by atoms with van der Waals surface area (Å²) in [6.07, 6.45) is 7.96. The number of pyridine rings is 2. The molecule has 0 fully saturated rings. The van der Waals surface area contributed by atoms with Crippen LogP contribution in [0.25, 0.3) is 11.0 Å². The summed E-state index contributed by atoms with van der Waals surface area (Å²) in [4.78, 5) is 32.2. The van der Waals surface area contributed by atoms with E-state index in [1.165, 1.54) is 23.5 Å². The van der Waals surface area contributed by atoms with E-state index in [0.717, 1.165) is 53.9 Å². The van der Waals surface area contributed by atoms with Crippen molar-refractivity contribution in [3.05, 3.63) is 123 Å². The molecule has 1 aliphatic carbocycles. The van der Waals surface area contributed by atoms with Crippen LogP contribution in [-0.2, 0) is 26.1 Å². The molecule has 3 aromatic heterocycles. The number of carbonyl (C=O) groups is 1. The zero-order valence-corrected chi connectivity index (χ0v) is 23.3. The van der Waals surface area contributed by atoms with Crippen LogP contribution < -0.4 is 5.32 Å². The Morgan fingerprint density at radius 3 is 2.55 bits per heavy atom. The number of amides is 1. The van der Waals surface area contributed by atoms with E-state index in [9.17, 15) is 4.79 Å². The quantitative estimate of drug-likeness (QED) is 0.217. The van der Waals surface area contributed by atoms with Crippen LogP contribution in [0, 0.1) is 0 Å². The molecular weight excluding hydrogens is 543 g/mol. The average molecular weight is 572 g/mol. The second-order valence-corrected chi connectivity index (χ2v) is 10.9. The van der Waals surface area contributed by atoms with Crippen molar-refractivity contribution in [3.63, 3.8) is 0 Å². The van der Waals surface area contributed by atoms with E-state index < -0.39 is 0 Å². The molecule has 202 valence electrons. The Kier molecular flexibility index (Phi) is 7.77. The van der Waals surface area contributed by atoms with Crippen LogP contribution in [0.3, 0.4) is 0 Å². The second-order valence-electron chi connectivity index (χ2n) is 10.0. The molecule has 2 N–H and O–H groups in total. The van der Waals surface area contributed by atoms with E-state index in [4.69, 9.17) is 33.2 Å². The molecule has 6 rings (SSSR count). The maximum atomic E-state index is 12.7. The zero-order valence-electron chi connectivity index (χ0n) is 21.8. The van der Waals surface area contributed by atoms with Gasteiger partial charge in [0.25, 0.3) is 5.91 Å². The topological polar surface area (TPSA) is 86.8 Å². The predicted molar refractivity (Wildman–Crippen MR) is 157 cm³/mol. The third kappa shape index (κ3) is 5.72. The van der Waals surface area contributed by atoms with Gasteiger partial charge in [-0.3, -0.25) is 19.7 Å². The van der Waals surface area contributed by atoms with Gasteiger partial charge in [0.2, 0.25) is 0 Å². The van der Waals surface area contributed by atoms with Crippen LogP contribution in [0.15, 0.2) is 79.3 Å². The van der Waals surface area contributed by atoms with Crippen molar-refractivity contribution in [1.82, 2.24) is 30.2 Å². The molecule has 40 heavy (non-hydrogen) atoms. The van der Waals surface area contributed by atoms with E-state index in [-0.39, 0.29) is 27.6 Å². The lowest BCUT2D eigenvalue weighted by molar-refractivity contribution is 0.0951. The summed E-state index contributed by atoms with van der Waals surface area (Å²) >= 11 is 12.3. The Morgan fingerprint density at radius 1 is 0.975 bits per heavy atom. The van der Waals surface area contributed by atoms with Crippen LogP contribution in [0.4, 0.5) is 0 Å². The highest BCUT2D eigenvalue weighted by molar-refractivity contribution is 6.39. The number of nitrogens with one attached hydrogen (secondary N) is 2. The van der Waals surface area contributed by atoms with Crippen LogP contribution in [0.2, 0.25) is 10.0 Å². The van der Waals surface area contributed by atoms with E-state index >= 15 is 0 Å². The summed E-state index contributed by atoms with van der Waals surface area (Å²) in [5, 5.41) is 3.35. The summed E-state index contributed by atoms with van der Waals surface area (Å²) in [6, 6.07) is 20.9. The maximum Gasteiger partial charge on any atom is 0.254 e. The zero-order chi connectivity index (χ0) is 27.5. The molecule has 1 aliphatic rings. The molecule has 3 heterocycles. The number of rotatable bonds is 8. The van der Waals surface area contributed by atoms with Gasteiger partial charge < -0.3 is 10.3 Å². The van der Waals surface area contributed by atoms with Crippen molar-refractivity contribution in [2.24, 2.45) is 0 Å². The Morgan fingerprint density at radius 2 is 1.75 bits per heavy atom. The number of nitrogens with zero attached hydrogens (tertiary/aromatic N) is 4. The molecule has 0 radical (unpaired) electrons. The van der Waals surface area contributed by atoms with Gasteiger partial charge in [-0.05, 0) is 54.2 Å². The predicted octanol–water partition coefficient (Wildman–Crippen LogP) is 6.67. The van der Waals surface area contributed by atoms with Gasteiger partial charge in [0.1, 0.15) is 5.82 Å². The molecule has 0 saturated carbocycles. The lowest BCUT2D eigenvalue weighted by Gasteiger charge is -2.34. The Balaban J connectivity index is 1.20. The monoisotopic (exact) mass is 570 g/mol. The lowest BCUT2D eigenvalue weighted by atomic mass is 9.90. The summed E-state index contributed by atoms with van der Waals surface area (Å²) < 4.78 is 0. The van der Waals surface area contributed by atoms with Gasteiger partial charge in [0.05, 0.1) is 44.9 Å². The first-order chi connectivity index (χ1) is 19.5. The number of carbonyl (C=O) groups excluding carboxylic acids is 1. The van der Waals surface area contributed by atoms with Crippen LogP contribution in [-0.4, -0.2) is 30.7 Å². The Hall–Kier alpha value is -3.78. The minimum absolute atomic E-state index is 0.201. The van der Waals surface area contributed by atoms with Crippen LogP contribution in [0.1, 0.15) is 57.5 Å². The van der Waals surface area contributed by atoms with E-state index in [1.807, 2.05) is 42.6 Å². The number of benzene rings is 2. The van der Waals surface area contributed by atoms with Gasteiger partial charge >= 0.3 is 0 Å². The first-order valence-corrected chi connectivity index (χ1v) is 14.1. The molecular formula is C31H28Cl2N6O. The number of para-hydroxylation sites is 2. The SMILES string of the molecule is O=C(NCc1ccc(CN(Cc2nc3ccccc3[nH]2)C2CCCc3cccnc32)cc1)c1c(Cl)cncc1Cl. The van der Waals surface area contributed by atoms with Gasteiger partial charge in [-0.25, -0.2) is 4.98 Å². The third-order valence-electron chi connectivity index (χ3n) is 7.34. The molecule has 9 heteroatoms. The van der Waals surface area contributed by atoms with Crippen LogP contribution in [0.5, 0.6) is 0 Å². The van der Waals surface area contributed by atoms with Crippen LogP contribution >= 0.6 is 23.2 Å². The summed E-state index contributed by atoms with van der Waals surface area (Å²) in [6.45, 7) is 1.78. The average Bonchev–Trinajstić information content (AvgIpc) is 3.38. The summed E-state index contributed by atoms with van der Waals surface area (Å²) in [5.74, 6) is 0.610. The molecule has 1 amide bonds. The third-order valence-corrected chi connectivity index (χ3v) is 7.91. The normalized spacial score (nSPS) is 14.8. The second kappa shape index (κ2) is 11.8. The van der Waals surface area contributed by atoms with Crippen molar-refractivity contribution >= 4 is 40.1 Å². The van der Waals surface area contributed by atoms with Gasteiger partial charge in [0, 0.05) is 31.7 Å². The summed E-state index contributed by atoms with van der Waals surface area (Å²) in [7, 11) is 0. The van der Waals surface area contributed by atoms with E-state index in [0.29, 0.717) is 13.1 Å². The first kappa shape index (κ1) is 26.4. The standard InChI is InChI=1S/C31H28Cl2N6O/c32-23-16-34-17-24(33)29(23)31(40)36-15-20-10-12-21(13-11-20)18-39(19-28-37-25-7-1-2-8-26(25)38-28)27-9-3-5-22-6-4-14-35-30(22)27/h1-2,4,6-8,10-14,16-17,27H,3,5,9,15,18-19H2,(H,36,40)(H,37,38). The number of fused-ring (bicyclic) bond motifs is 2. The van der Waals surface area contributed by atoms with Crippen molar-refractivity contribution in [2.45, 2.75) is 44.9 Å². The molecule has 0 spiro atoms. The van der Waals surface area contributed by atoms with Gasteiger partial charge in [-0.15, -0.1) is 0 Å². The summed E-state index contributed by atoms with van der Waals surface area (Å²) in [5.41, 5.74) is 6.89. The molecule has 2 aromatic carbocycles. The number of H-pyrrole nitrogens is 1. The smallest absolute Gasteiger partial charge is 0.254 e. The largest absolute Gasteiger partial charge is 0.348 e. The Labute approximate surface area is 242 Å². The molecule has 0 aliphatic heterocycles. The van der Waals surface area contributed by atoms with Gasteiger partial charge in [-0.2, -0.15) is 0 Å². The van der Waals surface area contributed by atoms with E-state index in [2.05, 4.69) is 44.5 Å². The number of imidazole rings is 1. The highest BCUT2D eigenvalue weighted by Gasteiger charge is 2.28. The number of halogens is 2. The van der Waals surface area contributed by atoms with Crippen molar-refractivity contribution < 1.29 is 4.79 Å². The molecule has 0 bridgehead atoms. The number of hydrogen-bond acceptors (Lipinski definition) is 5. The molecule has 1 atom stereocenters. The molecule has 1 unspecified atom stereocenters. The minimum Gasteiger partial charge on any atom is -0.348 e. The van der Waals surface area contributed by atoms with Gasteiger partial charge in [0.15, 0.2) is 0 Å². The number of aryl methyl sites for hydroxylation is 1. The fraction of sp³-hybridized carbons (Fsp3) is 0.226. The highest BCUT2D eigenvalue weighted by Crippen LogP contribution is 2.34. The van der Waals surface area contributed by atoms with E-state index in [1.54, 1.807) is 0 Å². The van der Waals surface area contributed by atoms with Crippen molar-refractivity contribution in [3.8, 4) is 0 Å².